The lowest BCUT2D eigenvalue weighted by Gasteiger charge is -2.11. The zero-order valence-corrected chi connectivity index (χ0v) is 10.4. The van der Waals surface area contributed by atoms with Gasteiger partial charge in [0.25, 0.3) is 0 Å². The summed E-state index contributed by atoms with van der Waals surface area (Å²) in [6.45, 7) is 2.54. The summed E-state index contributed by atoms with van der Waals surface area (Å²) < 4.78 is 14.7. The number of carbonyl (C=O) groups excluding carboxylic acids is 1. The summed E-state index contributed by atoms with van der Waals surface area (Å²) in [4.78, 5) is 11.2. The van der Waals surface area contributed by atoms with Crippen molar-refractivity contribution in [2.45, 2.75) is 64.4 Å². The summed E-state index contributed by atoms with van der Waals surface area (Å²) in [6, 6.07) is 0. The molecule has 0 aliphatic carbocycles. The minimum absolute atomic E-state index is 0.387. The second-order valence-electron chi connectivity index (χ2n) is 4.23. The molecule has 1 heterocycles. The van der Waals surface area contributed by atoms with Gasteiger partial charge in [-0.25, -0.2) is 4.79 Å². The van der Waals surface area contributed by atoms with Gasteiger partial charge in [0, 0.05) is 12.8 Å². The average Bonchev–Trinajstić information content (AvgIpc) is 2.69. The number of unbranched alkanes of at least 4 members (excludes halogenated alkanes) is 4. The molecule has 0 aromatic carbocycles. The Morgan fingerprint density at radius 2 is 2.06 bits per heavy atom. The quantitative estimate of drug-likeness (QED) is 0.552. The molecule has 1 aliphatic heterocycles. The minimum Gasteiger partial charge on any atom is -0.434 e. The number of aliphatic hydroxyl groups is 1. The first kappa shape index (κ1) is 14.3. The van der Waals surface area contributed by atoms with E-state index in [-0.39, 0.29) is 0 Å². The van der Waals surface area contributed by atoms with Crippen molar-refractivity contribution in [2.75, 3.05) is 6.61 Å². The molecule has 1 saturated heterocycles. The monoisotopic (exact) mass is 246 g/mol. The van der Waals surface area contributed by atoms with Gasteiger partial charge in [-0.1, -0.05) is 32.6 Å². The van der Waals surface area contributed by atoms with Crippen molar-refractivity contribution in [1.82, 2.24) is 0 Å². The summed E-state index contributed by atoms with van der Waals surface area (Å²) in [5.41, 5.74) is 0. The fourth-order valence-corrected chi connectivity index (χ4v) is 1.68. The van der Waals surface area contributed by atoms with E-state index in [9.17, 15) is 4.79 Å². The standard InChI is InChI=1S/C12H22O5/c1-2-3-4-5-6-9-15-12(14)17-11-8-7-10(13)16-11/h10-11,13H,2-9H2,1H3/t10-,11-/m0/s1. The molecule has 0 aromatic rings. The predicted octanol–water partition coefficient (Wildman–Crippen LogP) is 2.56. The Morgan fingerprint density at radius 3 is 2.71 bits per heavy atom. The Balaban J connectivity index is 1.94. The molecule has 5 nitrogen and oxygen atoms in total. The number of hydrogen-bond acceptors (Lipinski definition) is 5. The number of aliphatic hydroxyl groups excluding tert-OH is 1. The fourth-order valence-electron chi connectivity index (χ4n) is 1.68. The maximum Gasteiger partial charge on any atom is 0.510 e. The normalized spacial score (nSPS) is 23.6. The van der Waals surface area contributed by atoms with Gasteiger partial charge in [0.1, 0.15) is 0 Å². The van der Waals surface area contributed by atoms with Crippen LogP contribution in [0.2, 0.25) is 0 Å². The van der Waals surface area contributed by atoms with Gasteiger partial charge in [-0.15, -0.1) is 0 Å². The van der Waals surface area contributed by atoms with Crippen molar-refractivity contribution in [3.63, 3.8) is 0 Å². The van der Waals surface area contributed by atoms with E-state index in [2.05, 4.69) is 6.92 Å². The van der Waals surface area contributed by atoms with Gasteiger partial charge in [-0.3, -0.25) is 0 Å². The summed E-state index contributed by atoms with van der Waals surface area (Å²) in [5.74, 6) is 0. The van der Waals surface area contributed by atoms with Gasteiger partial charge in [0.15, 0.2) is 6.29 Å². The first-order valence-corrected chi connectivity index (χ1v) is 6.39. The Labute approximate surface area is 102 Å². The highest BCUT2D eigenvalue weighted by Crippen LogP contribution is 2.18. The third-order valence-corrected chi connectivity index (χ3v) is 2.65. The minimum atomic E-state index is -0.818. The smallest absolute Gasteiger partial charge is 0.434 e. The van der Waals surface area contributed by atoms with Crippen molar-refractivity contribution in [1.29, 1.82) is 0 Å². The first-order valence-electron chi connectivity index (χ1n) is 6.39. The molecule has 0 amide bonds. The summed E-state index contributed by atoms with van der Waals surface area (Å²) in [6.07, 6.45) is 4.36. The first-order chi connectivity index (χ1) is 8.22. The summed E-state index contributed by atoms with van der Waals surface area (Å²) >= 11 is 0. The molecule has 0 aromatic heterocycles. The van der Waals surface area contributed by atoms with Crippen LogP contribution in [0.1, 0.15) is 51.9 Å². The molecule has 0 radical (unpaired) electrons. The van der Waals surface area contributed by atoms with E-state index in [1.807, 2.05) is 0 Å². The molecule has 0 spiro atoms. The molecule has 1 fully saturated rings. The van der Waals surface area contributed by atoms with Gasteiger partial charge >= 0.3 is 6.16 Å². The van der Waals surface area contributed by atoms with Crippen LogP contribution in [0.25, 0.3) is 0 Å². The number of hydrogen-bond donors (Lipinski definition) is 1. The molecule has 5 heteroatoms. The van der Waals surface area contributed by atoms with Gasteiger partial charge in [0.05, 0.1) is 6.61 Å². The van der Waals surface area contributed by atoms with E-state index in [1.165, 1.54) is 19.3 Å². The molecule has 1 rings (SSSR count). The summed E-state index contributed by atoms with van der Waals surface area (Å²) in [5, 5.41) is 9.05. The molecule has 0 bridgehead atoms. The molecular formula is C12H22O5. The average molecular weight is 246 g/mol. The van der Waals surface area contributed by atoms with Gasteiger partial charge in [-0.2, -0.15) is 0 Å². The second kappa shape index (κ2) is 8.31. The highest BCUT2D eigenvalue weighted by Gasteiger charge is 2.26. The lowest BCUT2D eigenvalue weighted by molar-refractivity contribution is -0.170. The van der Waals surface area contributed by atoms with Crippen LogP contribution in [0, 0.1) is 0 Å². The third-order valence-electron chi connectivity index (χ3n) is 2.65. The predicted molar refractivity (Wildman–Crippen MR) is 61.3 cm³/mol. The topological polar surface area (TPSA) is 65.0 Å². The molecule has 1 aliphatic rings. The zero-order valence-electron chi connectivity index (χ0n) is 10.4. The molecule has 2 atom stereocenters. The van der Waals surface area contributed by atoms with Crippen molar-refractivity contribution in [2.24, 2.45) is 0 Å². The molecular weight excluding hydrogens is 224 g/mol. The van der Waals surface area contributed by atoms with Gasteiger partial charge in [0.2, 0.25) is 6.29 Å². The van der Waals surface area contributed by atoms with Crippen LogP contribution in [-0.2, 0) is 14.2 Å². The van der Waals surface area contributed by atoms with E-state index in [4.69, 9.17) is 19.3 Å². The largest absolute Gasteiger partial charge is 0.510 e. The van der Waals surface area contributed by atoms with Crippen LogP contribution in [0.15, 0.2) is 0 Å². The van der Waals surface area contributed by atoms with Crippen molar-refractivity contribution in [3.05, 3.63) is 0 Å². The van der Waals surface area contributed by atoms with Crippen molar-refractivity contribution in [3.8, 4) is 0 Å². The van der Waals surface area contributed by atoms with E-state index in [1.54, 1.807) is 0 Å². The van der Waals surface area contributed by atoms with Gasteiger partial charge in [-0.05, 0) is 6.42 Å². The maximum atomic E-state index is 11.2. The highest BCUT2D eigenvalue weighted by molar-refractivity contribution is 5.59. The number of rotatable bonds is 7. The van der Waals surface area contributed by atoms with Crippen LogP contribution < -0.4 is 0 Å². The Bertz CT molecular complexity index is 219. The van der Waals surface area contributed by atoms with E-state index in [0.29, 0.717) is 19.4 Å². The Hall–Kier alpha value is -0.810. The van der Waals surface area contributed by atoms with Crippen molar-refractivity contribution < 1.29 is 24.1 Å². The number of carbonyl (C=O) groups is 1. The third kappa shape index (κ3) is 6.48. The lowest BCUT2D eigenvalue weighted by Crippen LogP contribution is -2.19. The Kier molecular flexibility index (Phi) is 6.96. The summed E-state index contributed by atoms with van der Waals surface area (Å²) in [7, 11) is 0. The molecule has 0 saturated carbocycles. The van der Waals surface area contributed by atoms with E-state index in [0.717, 1.165) is 12.8 Å². The number of ether oxygens (including phenoxy) is 3. The maximum absolute atomic E-state index is 11.2. The van der Waals surface area contributed by atoms with Crippen LogP contribution in [-0.4, -0.2) is 30.4 Å². The molecule has 17 heavy (non-hydrogen) atoms. The van der Waals surface area contributed by atoms with Crippen LogP contribution in [0.5, 0.6) is 0 Å². The van der Waals surface area contributed by atoms with Crippen LogP contribution in [0.4, 0.5) is 4.79 Å². The SMILES string of the molecule is CCCCCCCOC(=O)O[C@H]1CC[C@@H](O)O1. The molecule has 0 unspecified atom stereocenters. The fraction of sp³-hybridized carbons (Fsp3) is 0.917. The highest BCUT2D eigenvalue weighted by atomic mass is 16.8. The molecule has 1 N–H and O–H groups in total. The van der Waals surface area contributed by atoms with Crippen LogP contribution in [0.3, 0.4) is 0 Å². The van der Waals surface area contributed by atoms with Crippen LogP contribution >= 0.6 is 0 Å². The second-order valence-corrected chi connectivity index (χ2v) is 4.23. The van der Waals surface area contributed by atoms with E-state index >= 15 is 0 Å². The Morgan fingerprint density at radius 1 is 1.29 bits per heavy atom. The van der Waals surface area contributed by atoms with Gasteiger partial charge < -0.3 is 19.3 Å². The zero-order chi connectivity index (χ0) is 12.5. The lowest BCUT2D eigenvalue weighted by atomic mass is 10.2. The van der Waals surface area contributed by atoms with E-state index < -0.39 is 18.7 Å². The van der Waals surface area contributed by atoms with Crippen molar-refractivity contribution >= 4 is 6.16 Å². The molecule has 100 valence electrons.